The summed E-state index contributed by atoms with van der Waals surface area (Å²) in [5.74, 6) is 0. The maximum Gasteiger partial charge on any atom is -1.00 e. The Morgan fingerprint density at radius 1 is 0.750 bits per heavy atom. The first-order valence-electron chi connectivity index (χ1n) is 0. The first-order chi connectivity index (χ1) is 0. The molecule has 20 valence electrons. The number of hydrogen-bond donors (Lipinski definition) is 0. The quantitative estimate of drug-likeness (QED) is 0.390. The summed E-state index contributed by atoms with van der Waals surface area (Å²) in [5, 5.41) is 0. The molecule has 0 spiro atoms. The van der Waals surface area contributed by atoms with Gasteiger partial charge in [-0.2, -0.15) is 0 Å². The molecular formula is H2Ba2F2. The molecule has 0 aliphatic carbocycles. The molecule has 0 N–H and O–H groups in total. The van der Waals surface area contributed by atoms with E-state index < -0.39 is 0 Å². The van der Waals surface area contributed by atoms with E-state index in [1.165, 1.54) is 0 Å². The van der Waals surface area contributed by atoms with Gasteiger partial charge in [-0.15, -0.1) is 0 Å². The maximum atomic E-state index is 0. The zero-order valence-corrected chi connectivity index (χ0v) is 5.90. The molecule has 0 saturated heterocycles. The molecule has 0 fully saturated rings. The smallest absolute Gasteiger partial charge is 1.00 e. The van der Waals surface area contributed by atoms with E-state index in [4.69, 9.17) is 0 Å². The predicted octanol–water partition coefficient (Wildman–Crippen LogP) is -7.29. The van der Waals surface area contributed by atoms with Crippen LogP contribution in [0.4, 0.5) is 0 Å². The Hall–Kier alpha value is 3.00. The van der Waals surface area contributed by atoms with Crippen LogP contribution in [0.3, 0.4) is 0 Å². The first-order valence-corrected chi connectivity index (χ1v) is 0. The van der Waals surface area contributed by atoms with Gasteiger partial charge in [0.15, 0.2) is 0 Å². The van der Waals surface area contributed by atoms with E-state index in [0.717, 1.165) is 0 Å². The van der Waals surface area contributed by atoms with Gasteiger partial charge in [-0.1, -0.05) is 0 Å². The second kappa shape index (κ2) is 16.7. The van der Waals surface area contributed by atoms with Crippen LogP contribution in [0.1, 0.15) is 0 Å². The van der Waals surface area contributed by atoms with Gasteiger partial charge < -0.3 is 9.41 Å². The summed E-state index contributed by atoms with van der Waals surface area (Å²) in [5.41, 5.74) is 0. The fraction of sp³-hybridized carbons (Fsp3) is 0. The predicted molar refractivity (Wildman–Crippen MR) is 14.3 cm³/mol. The average molecular weight is 315 g/mol. The molecule has 0 atom stereocenters. The third-order valence-electron chi connectivity index (χ3n) is 0. The zero-order chi connectivity index (χ0) is 0. The van der Waals surface area contributed by atoms with Crippen molar-refractivity contribution < 1.29 is 9.41 Å². The van der Waals surface area contributed by atoms with Crippen LogP contribution >= 0.6 is 0 Å². The molecule has 0 aliphatic rings. The largest absolute Gasteiger partial charge is 1.00 e. The first kappa shape index (κ1) is 28.0. The summed E-state index contributed by atoms with van der Waals surface area (Å²) in [6.45, 7) is 0. The molecule has 0 nitrogen and oxygen atoms in total. The minimum absolute atomic E-state index is 0. The van der Waals surface area contributed by atoms with Crippen molar-refractivity contribution in [3.05, 3.63) is 0 Å². The van der Waals surface area contributed by atoms with Gasteiger partial charge in [0, 0.05) is 0 Å². The molecule has 0 aromatic rings. The van der Waals surface area contributed by atoms with Crippen LogP contribution in [-0.4, -0.2) is 97.8 Å². The third kappa shape index (κ3) is 8.89. The van der Waals surface area contributed by atoms with E-state index in [1.807, 2.05) is 0 Å². The van der Waals surface area contributed by atoms with Crippen LogP contribution in [0.25, 0.3) is 0 Å². The van der Waals surface area contributed by atoms with Crippen molar-refractivity contribution in [1.29, 1.82) is 0 Å². The van der Waals surface area contributed by atoms with Crippen molar-refractivity contribution >= 4 is 97.8 Å². The van der Waals surface area contributed by atoms with Crippen LogP contribution in [0.2, 0.25) is 0 Å². The molecule has 0 aromatic heterocycles. The molecular weight excluding hydrogens is 313 g/mol. The molecule has 0 amide bonds. The molecule has 0 rings (SSSR count). The summed E-state index contributed by atoms with van der Waals surface area (Å²) in [6.07, 6.45) is 0. The number of halogens is 2. The summed E-state index contributed by atoms with van der Waals surface area (Å²) >= 11 is 0. The second-order valence-electron chi connectivity index (χ2n) is 0. The minimum Gasteiger partial charge on any atom is -1.00 e. The molecule has 0 aliphatic heterocycles. The van der Waals surface area contributed by atoms with Crippen LogP contribution in [0.5, 0.6) is 0 Å². The average Bonchev–Trinajstić information content (AvgIpc) is 0. The standard InChI is InChI=1S/2Ba.2FH.2H/h;;2*1H;;/q;+2;;;;/p-2. The van der Waals surface area contributed by atoms with Gasteiger partial charge >= 0.3 is 97.8 Å². The molecule has 0 unspecified atom stereocenters. The minimum atomic E-state index is 0. The molecule has 0 radical (unpaired) electrons. The fourth-order valence-corrected chi connectivity index (χ4v) is 0. The molecule has 0 saturated carbocycles. The van der Waals surface area contributed by atoms with Gasteiger partial charge in [-0.25, -0.2) is 0 Å². The van der Waals surface area contributed by atoms with Crippen molar-refractivity contribution in [3.63, 3.8) is 0 Å². The Balaban J connectivity index is 0. The van der Waals surface area contributed by atoms with Gasteiger partial charge in [0.1, 0.15) is 0 Å². The SMILES string of the molecule is [Ba+2].[BaH2].[F-].[F-]. The number of hydrogen-bond acceptors (Lipinski definition) is 0. The van der Waals surface area contributed by atoms with E-state index >= 15 is 0 Å². The van der Waals surface area contributed by atoms with Crippen molar-refractivity contribution in [1.82, 2.24) is 0 Å². The van der Waals surface area contributed by atoms with Crippen LogP contribution in [0.15, 0.2) is 0 Å². The van der Waals surface area contributed by atoms with Gasteiger partial charge in [0.2, 0.25) is 0 Å². The Kier molecular flexibility index (Phi) is 117. The topological polar surface area (TPSA) is 0 Å². The second-order valence-corrected chi connectivity index (χ2v) is 0. The van der Waals surface area contributed by atoms with Crippen molar-refractivity contribution in [2.45, 2.75) is 0 Å². The van der Waals surface area contributed by atoms with Crippen molar-refractivity contribution in [3.8, 4) is 0 Å². The zero-order valence-electron chi connectivity index (χ0n) is 1.46. The molecule has 4 heteroatoms. The van der Waals surface area contributed by atoms with Crippen LogP contribution in [0, 0.1) is 0 Å². The fourth-order valence-electron chi connectivity index (χ4n) is 0. The molecule has 0 bridgehead atoms. The van der Waals surface area contributed by atoms with Gasteiger partial charge in [0.25, 0.3) is 0 Å². The summed E-state index contributed by atoms with van der Waals surface area (Å²) in [7, 11) is 0. The monoisotopic (exact) mass is 316 g/mol. The molecule has 0 aromatic carbocycles. The van der Waals surface area contributed by atoms with E-state index in [2.05, 4.69) is 0 Å². The Bertz CT molecular complexity index is 4.00. The van der Waals surface area contributed by atoms with Gasteiger partial charge in [-0.05, 0) is 0 Å². The van der Waals surface area contributed by atoms with Crippen molar-refractivity contribution in [2.75, 3.05) is 0 Å². The summed E-state index contributed by atoms with van der Waals surface area (Å²) < 4.78 is 0. The normalized spacial score (nSPS) is 0. The van der Waals surface area contributed by atoms with Gasteiger partial charge in [0.05, 0.1) is 0 Å². The Morgan fingerprint density at radius 3 is 0.750 bits per heavy atom. The Morgan fingerprint density at radius 2 is 0.750 bits per heavy atom. The summed E-state index contributed by atoms with van der Waals surface area (Å²) in [4.78, 5) is 0. The van der Waals surface area contributed by atoms with Crippen LogP contribution < -0.4 is 9.41 Å². The van der Waals surface area contributed by atoms with Crippen molar-refractivity contribution in [2.24, 2.45) is 0 Å². The number of rotatable bonds is 0. The van der Waals surface area contributed by atoms with E-state index in [9.17, 15) is 0 Å². The third-order valence-corrected chi connectivity index (χ3v) is 0. The molecule has 0 heterocycles. The van der Waals surface area contributed by atoms with E-state index in [1.54, 1.807) is 0 Å². The van der Waals surface area contributed by atoms with Gasteiger partial charge in [-0.3, -0.25) is 0 Å². The Labute approximate surface area is 104 Å². The summed E-state index contributed by atoms with van der Waals surface area (Å²) in [6, 6.07) is 0. The molecule has 4 heavy (non-hydrogen) atoms. The maximum absolute atomic E-state index is 0. The van der Waals surface area contributed by atoms with E-state index in [0.29, 0.717) is 0 Å². The van der Waals surface area contributed by atoms with E-state index in [-0.39, 0.29) is 107 Å². The van der Waals surface area contributed by atoms with Crippen LogP contribution in [-0.2, 0) is 0 Å².